The van der Waals surface area contributed by atoms with E-state index < -0.39 is 0 Å². The van der Waals surface area contributed by atoms with Gasteiger partial charge < -0.3 is 20.4 Å². The number of benzene rings is 1. The number of piperidine rings is 1. The summed E-state index contributed by atoms with van der Waals surface area (Å²) in [6.45, 7) is 5.57. The van der Waals surface area contributed by atoms with Gasteiger partial charge in [0.1, 0.15) is 5.02 Å². The first-order valence-electron chi connectivity index (χ1n) is 10.9. The highest BCUT2D eigenvalue weighted by Crippen LogP contribution is 2.30. The van der Waals surface area contributed by atoms with Crippen LogP contribution >= 0.6 is 34.8 Å². The van der Waals surface area contributed by atoms with Gasteiger partial charge in [-0.2, -0.15) is 4.98 Å². The number of hydrogen-bond donors (Lipinski definition) is 2. The topological polar surface area (TPSA) is 73.4 Å². The highest BCUT2D eigenvalue weighted by Gasteiger charge is 2.29. The van der Waals surface area contributed by atoms with Crippen molar-refractivity contribution < 1.29 is 4.79 Å². The van der Waals surface area contributed by atoms with Crippen molar-refractivity contribution in [2.75, 3.05) is 42.9 Å². The van der Waals surface area contributed by atoms with Gasteiger partial charge in [0, 0.05) is 36.2 Å². The van der Waals surface area contributed by atoms with Crippen LogP contribution in [0.2, 0.25) is 15.1 Å². The fraction of sp³-hybridized carbons (Fsp3) is 0.500. The number of amides is 1. The van der Waals surface area contributed by atoms with Crippen LogP contribution in [-0.2, 0) is 4.79 Å². The average Bonchev–Trinajstić information content (AvgIpc) is 2.80. The van der Waals surface area contributed by atoms with Crippen molar-refractivity contribution in [3.05, 3.63) is 45.0 Å². The molecular formula is C22H27Cl3N6O. The number of halogens is 3. The maximum atomic E-state index is 12.8. The monoisotopic (exact) mass is 496 g/mol. The van der Waals surface area contributed by atoms with E-state index in [0.717, 1.165) is 31.4 Å². The molecule has 2 fully saturated rings. The van der Waals surface area contributed by atoms with Crippen molar-refractivity contribution in [2.45, 2.75) is 38.3 Å². The quantitative estimate of drug-likeness (QED) is 0.638. The number of hydrogen-bond acceptors (Lipinski definition) is 6. The van der Waals surface area contributed by atoms with E-state index in [-0.39, 0.29) is 18.0 Å². The molecule has 2 N–H and O–H groups in total. The van der Waals surface area contributed by atoms with Gasteiger partial charge in [-0.3, -0.25) is 4.79 Å². The van der Waals surface area contributed by atoms with Crippen LogP contribution in [-0.4, -0.2) is 59.5 Å². The molecule has 7 nitrogen and oxygen atoms in total. The second kappa shape index (κ2) is 10.4. The second-order valence-electron chi connectivity index (χ2n) is 8.21. The van der Waals surface area contributed by atoms with Crippen LogP contribution in [0.5, 0.6) is 0 Å². The van der Waals surface area contributed by atoms with Crippen molar-refractivity contribution in [1.29, 1.82) is 0 Å². The minimum absolute atomic E-state index is 0.0425. The van der Waals surface area contributed by atoms with Crippen LogP contribution in [0.15, 0.2) is 24.4 Å². The zero-order valence-electron chi connectivity index (χ0n) is 18.0. The molecule has 3 heterocycles. The normalized spacial score (nSPS) is 20.2. The van der Waals surface area contributed by atoms with Crippen LogP contribution in [0.25, 0.3) is 0 Å². The third kappa shape index (κ3) is 5.39. The molecule has 2 aliphatic rings. The molecule has 2 atom stereocenters. The Morgan fingerprint density at radius 3 is 2.62 bits per heavy atom. The minimum Gasteiger partial charge on any atom is -0.362 e. The first-order chi connectivity index (χ1) is 15.4. The van der Waals surface area contributed by atoms with Crippen molar-refractivity contribution in [2.24, 2.45) is 0 Å². The van der Waals surface area contributed by atoms with Gasteiger partial charge in [-0.25, -0.2) is 4.98 Å². The van der Waals surface area contributed by atoms with Crippen molar-refractivity contribution in [1.82, 2.24) is 20.2 Å². The van der Waals surface area contributed by atoms with E-state index in [1.807, 2.05) is 17.9 Å². The van der Waals surface area contributed by atoms with E-state index in [0.29, 0.717) is 53.0 Å². The lowest BCUT2D eigenvalue weighted by atomic mass is 10.0. The summed E-state index contributed by atoms with van der Waals surface area (Å²) in [5.74, 6) is 1.34. The van der Waals surface area contributed by atoms with Crippen LogP contribution in [0, 0.1) is 0 Å². The number of piperazine rings is 1. The van der Waals surface area contributed by atoms with Gasteiger partial charge in [0.2, 0.25) is 11.9 Å². The van der Waals surface area contributed by atoms with E-state index in [4.69, 9.17) is 34.8 Å². The number of anilines is 2. The average molecular weight is 498 g/mol. The van der Waals surface area contributed by atoms with Gasteiger partial charge >= 0.3 is 0 Å². The molecule has 1 amide bonds. The molecule has 2 saturated heterocycles. The van der Waals surface area contributed by atoms with Gasteiger partial charge in [-0.15, -0.1) is 0 Å². The van der Waals surface area contributed by atoms with E-state index in [1.165, 1.54) is 0 Å². The van der Waals surface area contributed by atoms with Crippen molar-refractivity contribution in [3.63, 3.8) is 0 Å². The molecule has 1 aromatic heterocycles. The Morgan fingerprint density at radius 2 is 1.94 bits per heavy atom. The lowest BCUT2D eigenvalue weighted by molar-refractivity contribution is -0.134. The van der Waals surface area contributed by atoms with Gasteiger partial charge in [0.25, 0.3) is 0 Å². The Morgan fingerprint density at radius 1 is 1.16 bits per heavy atom. The van der Waals surface area contributed by atoms with Crippen molar-refractivity contribution in [3.8, 4) is 0 Å². The van der Waals surface area contributed by atoms with E-state index >= 15 is 0 Å². The maximum absolute atomic E-state index is 12.8. The molecular weight excluding hydrogens is 471 g/mol. The van der Waals surface area contributed by atoms with Gasteiger partial charge in [0.15, 0.2) is 5.82 Å². The third-order valence-electron chi connectivity index (χ3n) is 6.00. The molecule has 32 heavy (non-hydrogen) atoms. The highest BCUT2D eigenvalue weighted by molar-refractivity contribution is 6.35. The lowest BCUT2D eigenvalue weighted by Gasteiger charge is -2.37. The lowest BCUT2D eigenvalue weighted by Crippen LogP contribution is -2.55. The first-order valence-corrected chi connectivity index (χ1v) is 12.1. The van der Waals surface area contributed by atoms with Crippen LogP contribution in [0.3, 0.4) is 0 Å². The Balaban J connectivity index is 1.40. The predicted octanol–water partition coefficient (Wildman–Crippen LogP) is 4.40. The fourth-order valence-electron chi connectivity index (χ4n) is 4.16. The molecule has 0 aliphatic carbocycles. The zero-order chi connectivity index (χ0) is 22.7. The van der Waals surface area contributed by atoms with Crippen LogP contribution < -0.4 is 15.5 Å². The summed E-state index contributed by atoms with van der Waals surface area (Å²) < 4.78 is 0. The molecule has 0 spiro atoms. The molecule has 2 aliphatic heterocycles. The molecule has 2 aromatic rings. The summed E-state index contributed by atoms with van der Waals surface area (Å²) >= 11 is 18.7. The van der Waals surface area contributed by atoms with Gasteiger partial charge in [-0.05, 0) is 44.0 Å². The molecule has 10 heteroatoms. The predicted molar refractivity (Wildman–Crippen MR) is 130 cm³/mol. The van der Waals surface area contributed by atoms with Crippen LogP contribution in [0.4, 0.5) is 11.8 Å². The summed E-state index contributed by atoms with van der Waals surface area (Å²) in [7, 11) is 0. The highest BCUT2D eigenvalue weighted by atomic mass is 35.5. The second-order valence-corrected chi connectivity index (χ2v) is 9.46. The smallest absolute Gasteiger partial charge is 0.239 e. The van der Waals surface area contributed by atoms with E-state index in [2.05, 4.69) is 25.5 Å². The largest absolute Gasteiger partial charge is 0.362 e. The summed E-state index contributed by atoms with van der Waals surface area (Å²) in [6, 6.07) is 5.23. The zero-order valence-corrected chi connectivity index (χ0v) is 20.2. The molecule has 0 bridgehead atoms. The number of nitrogens with zero attached hydrogens (tertiary/aromatic N) is 4. The number of carbonyl (C=O) groups is 1. The third-order valence-corrected chi connectivity index (χ3v) is 6.84. The Labute approximate surface area is 203 Å². The number of rotatable bonds is 5. The SMILES string of the molecule is CC(Nc1nc(N2CCN(C(=O)[C@H]3CCCCN3)CC2)ncc1Cl)c1ccc(Cl)cc1Cl. The van der Waals surface area contributed by atoms with E-state index in [9.17, 15) is 4.79 Å². The Kier molecular flexibility index (Phi) is 7.61. The molecule has 0 saturated carbocycles. The maximum Gasteiger partial charge on any atom is 0.239 e. The van der Waals surface area contributed by atoms with E-state index in [1.54, 1.807) is 18.3 Å². The molecule has 4 rings (SSSR count). The number of carbonyl (C=O) groups excluding carboxylic acids is 1. The van der Waals surface area contributed by atoms with Gasteiger partial charge in [0.05, 0.1) is 18.3 Å². The summed E-state index contributed by atoms with van der Waals surface area (Å²) in [6.07, 6.45) is 4.78. The molecule has 0 radical (unpaired) electrons. The van der Waals surface area contributed by atoms with Gasteiger partial charge in [-0.1, -0.05) is 47.3 Å². The van der Waals surface area contributed by atoms with Crippen molar-refractivity contribution >= 4 is 52.5 Å². The Bertz CT molecular complexity index is 961. The summed E-state index contributed by atoms with van der Waals surface area (Å²) in [5, 5.41) is 8.27. The minimum atomic E-state index is -0.127. The fourth-order valence-corrected chi connectivity index (χ4v) is 4.87. The molecule has 172 valence electrons. The summed E-state index contributed by atoms with van der Waals surface area (Å²) in [4.78, 5) is 25.9. The molecule has 1 unspecified atom stereocenters. The number of aromatic nitrogens is 2. The molecule has 1 aromatic carbocycles. The summed E-state index contributed by atoms with van der Waals surface area (Å²) in [5.41, 5.74) is 0.899. The van der Waals surface area contributed by atoms with Crippen LogP contribution in [0.1, 0.15) is 37.8 Å². The number of nitrogens with one attached hydrogen (secondary N) is 2. The Hall–Kier alpha value is -1.80. The first kappa shape index (κ1) is 23.4. The standard InChI is InChI=1S/C22H27Cl3N6O/c1-14(16-6-5-15(23)12-17(16)24)28-20-18(25)13-27-22(29-20)31-10-8-30(9-11-31)21(32)19-4-2-3-7-26-19/h5-6,12-14,19,26H,2-4,7-11H2,1H3,(H,27,28,29)/t14?,19-/m1/s1.